The molecule has 16 heavy (non-hydrogen) atoms. The van der Waals surface area contributed by atoms with E-state index in [1.54, 1.807) is 25.1 Å². The molecule has 0 unspecified atom stereocenters. The summed E-state index contributed by atoms with van der Waals surface area (Å²) in [6.07, 6.45) is 0. The predicted molar refractivity (Wildman–Crippen MR) is 56.4 cm³/mol. The highest BCUT2D eigenvalue weighted by Gasteiger charge is 2.46. The van der Waals surface area contributed by atoms with E-state index in [9.17, 15) is 13.6 Å². The molecule has 1 amide bonds. The number of carbonyl (C=O) groups is 1. The summed E-state index contributed by atoms with van der Waals surface area (Å²) in [6, 6.07) is 4.93. The maximum Gasteiger partial charge on any atom is 0.282 e. The number of benzene rings is 1. The highest BCUT2D eigenvalue weighted by molar-refractivity contribution is 5.97. The molecule has 1 saturated heterocycles. The van der Waals surface area contributed by atoms with E-state index in [-0.39, 0.29) is 5.91 Å². The Hall–Kier alpha value is -1.65. The zero-order chi connectivity index (χ0) is 11.9. The van der Waals surface area contributed by atoms with Crippen LogP contribution in [0.5, 0.6) is 0 Å². The molecule has 2 N–H and O–H groups in total. The van der Waals surface area contributed by atoms with E-state index in [1.807, 2.05) is 0 Å². The largest absolute Gasteiger partial charge is 0.398 e. The Morgan fingerprint density at radius 3 is 2.62 bits per heavy atom. The second-order valence-electron chi connectivity index (χ2n) is 4.04. The maximum atomic E-state index is 12.6. The summed E-state index contributed by atoms with van der Waals surface area (Å²) in [5.41, 5.74) is 7.19. The Kier molecular flexibility index (Phi) is 2.33. The van der Waals surface area contributed by atoms with E-state index in [4.69, 9.17) is 5.73 Å². The zero-order valence-electron chi connectivity index (χ0n) is 8.84. The van der Waals surface area contributed by atoms with Crippen LogP contribution in [0.15, 0.2) is 18.2 Å². The molecule has 0 atom stereocenters. The third kappa shape index (κ3) is 1.73. The van der Waals surface area contributed by atoms with Crippen LogP contribution in [-0.2, 0) is 0 Å². The van der Waals surface area contributed by atoms with Crippen molar-refractivity contribution in [1.29, 1.82) is 0 Å². The van der Waals surface area contributed by atoms with Crippen LogP contribution < -0.4 is 5.73 Å². The molecule has 0 aromatic heterocycles. The molecular formula is C11H12F2N2O. The summed E-state index contributed by atoms with van der Waals surface area (Å²) in [5, 5.41) is 0. The first-order valence-corrected chi connectivity index (χ1v) is 4.93. The third-order valence-corrected chi connectivity index (χ3v) is 2.74. The Morgan fingerprint density at radius 2 is 2.06 bits per heavy atom. The van der Waals surface area contributed by atoms with E-state index in [0.717, 1.165) is 4.90 Å². The second-order valence-corrected chi connectivity index (χ2v) is 4.04. The Bertz CT molecular complexity index is 438. The van der Waals surface area contributed by atoms with Gasteiger partial charge in [-0.1, -0.05) is 6.07 Å². The molecule has 3 nitrogen and oxygen atoms in total. The van der Waals surface area contributed by atoms with Gasteiger partial charge in [-0.3, -0.25) is 4.79 Å². The summed E-state index contributed by atoms with van der Waals surface area (Å²) in [7, 11) is 0. The lowest BCUT2D eigenvalue weighted by Crippen LogP contribution is -2.58. The molecule has 1 heterocycles. The highest BCUT2D eigenvalue weighted by atomic mass is 19.3. The molecule has 1 fully saturated rings. The molecule has 1 aromatic rings. The summed E-state index contributed by atoms with van der Waals surface area (Å²) in [4.78, 5) is 13.0. The lowest BCUT2D eigenvalue weighted by Gasteiger charge is -2.38. The number of nitrogens with zero attached hydrogens (tertiary/aromatic N) is 1. The summed E-state index contributed by atoms with van der Waals surface area (Å²) < 4.78 is 25.3. The minimum atomic E-state index is -2.73. The fourth-order valence-electron chi connectivity index (χ4n) is 1.71. The number of nitrogens with two attached hydrogens (primary N) is 1. The monoisotopic (exact) mass is 226 g/mol. The molecule has 0 aliphatic carbocycles. The molecular weight excluding hydrogens is 214 g/mol. The molecule has 2 rings (SSSR count). The number of rotatable bonds is 1. The van der Waals surface area contributed by atoms with Gasteiger partial charge in [0.15, 0.2) is 0 Å². The van der Waals surface area contributed by atoms with Crippen LogP contribution in [0.1, 0.15) is 15.9 Å². The molecule has 1 aliphatic heterocycles. The van der Waals surface area contributed by atoms with E-state index in [2.05, 4.69) is 0 Å². The zero-order valence-corrected chi connectivity index (χ0v) is 8.84. The number of nitrogen functional groups attached to an aromatic ring is 1. The number of hydrogen-bond donors (Lipinski definition) is 1. The van der Waals surface area contributed by atoms with Crippen molar-refractivity contribution in [1.82, 2.24) is 4.90 Å². The van der Waals surface area contributed by atoms with Gasteiger partial charge in [-0.2, -0.15) is 0 Å². The normalized spacial score (nSPS) is 18.1. The van der Waals surface area contributed by atoms with E-state index >= 15 is 0 Å². The van der Waals surface area contributed by atoms with Gasteiger partial charge in [0, 0.05) is 11.3 Å². The topological polar surface area (TPSA) is 46.3 Å². The van der Waals surface area contributed by atoms with Crippen LogP contribution in [0.25, 0.3) is 0 Å². The Morgan fingerprint density at radius 1 is 1.44 bits per heavy atom. The first kappa shape index (κ1) is 10.9. The first-order valence-electron chi connectivity index (χ1n) is 4.93. The minimum Gasteiger partial charge on any atom is -0.398 e. The first-order chi connectivity index (χ1) is 7.41. The fraction of sp³-hybridized carbons (Fsp3) is 0.364. The van der Waals surface area contributed by atoms with Crippen LogP contribution in [0, 0.1) is 6.92 Å². The van der Waals surface area contributed by atoms with Crippen molar-refractivity contribution in [2.45, 2.75) is 12.8 Å². The smallest absolute Gasteiger partial charge is 0.282 e. The quantitative estimate of drug-likeness (QED) is 0.740. The molecule has 5 heteroatoms. The van der Waals surface area contributed by atoms with Gasteiger partial charge in [-0.05, 0) is 24.6 Å². The SMILES string of the molecule is Cc1c(N)cccc1C(=O)N1CC(F)(F)C1. The van der Waals surface area contributed by atoms with Crippen molar-refractivity contribution in [2.75, 3.05) is 18.8 Å². The van der Waals surface area contributed by atoms with Crippen molar-refractivity contribution in [3.05, 3.63) is 29.3 Å². The van der Waals surface area contributed by atoms with Crippen LogP contribution >= 0.6 is 0 Å². The van der Waals surface area contributed by atoms with Crippen molar-refractivity contribution in [3.63, 3.8) is 0 Å². The molecule has 1 aliphatic rings. The number of hydrogen-bond acceptors (Lipinski definition) is 2. The lowest BCUT2D eigenvalue weighted by atomic mass is 10.0. The van der Waals surface area contributed by atoms with Gasteiger partial charge in [0.25, 0.3) is 11.8 Å². The third-order valence-electron chi connectivity index (χ3n) is 2.74. The van der Waals surface area contributed by atoms with E-state index in [0.29, 0.717) is 16.8 Å². The van der Waals surface area contributed by atoms with Crippen LogP contribution in [0.2, 0.25) is 0 Å². The molecule has 0 radical (unpaired) electrons. The van der Waals surface area contributed by atoms with E-state index in [1.165, 1.54) is 0 Å². The highest BCUT2D eigenvalue weighted by Crippen LogP contribution is 2.29. The molecule has 1 aromatic carbocycles. The van der Waals surface area contributed by atoms with Crippen LogP contribution in [0.4, 0.5) is 14.5 Å². The van der Waals surface area contributed by atoms with Gasteiger partial charge >= 0.3 is 0 Å². The molecule has 86 valence electrons. The van der Waals surface area contributed by atoms with Crippen molar-refractivity contribution in [2.24, 2.45) is 0 Å². The average molecular weight is 226 g/mol. The van der Waals surface area contributed by atoms with Gasteiger partial charge in [-0.15, -0.1) is 0 Å². The number of halogens is 2. The Labute approximate surface area is 91.8 Å². The van der Waals surface area contributed by atoms with Crippen molar-refractivity contribution in [3.8, 4) is 0 Å². The number of amides is 1. The lowest BCUT2D eigenvalue weighted by molar-refractivity contribution is -0.113. The van der Waals surface area contributed by atoms with Crippen LogP contribution in [-0.4, -0.2) is 29.8 Å². The van der Waals surface area contributed by atoms with Gasteiger partial charge in [-0.25, -0.2) is 8.78 Å². The van der Waals surface area contributed by atoms with Crippen molar-refractivity contribution >= 4 is 11.6 Å². The van der Waals surface area contributed by atoms with Gasteiger partial charge < -0.3 is 10.6 Å². The standard InChI is InChI=1S/C11H12F2N2O/c1-7-8(3-2-4-9(7)14)10(16)15-5-11(12,13)6-15/h2-4H,5-6,14H2,1H3. The molecule has 0 spiro atoms. The summed E-state index contributed by atoms with van der Waals surface area (Å²) >= 11 is 0. The van der Waals surface area contributed by atoms with E-state index < -0.39 is 19.0 Å². The summed E-state index contributed by atoms with van der Waals surface area (Å²) in [5.74, 6) is -3.11. The van der Waals surface area contributed by atoms with Gasteiger partial charge in [0.05, 0.1) is 13.1 Å². The van der Waals surface area contributed by atoms with Crippen LogP contribution in [0.3, 0.4) is 0 Å². The molecule has 0 saturated carbocycles. The Balaban J connectivity index is 2.20. The number of likely N-dealkylation sites (tertiary alicyclic amines) is 1. The van der Waals surface area contributed by atoms with Crippen molar-refractivity contribution < 1.29 is 13.6 Å². The summed E-state index contributed by atoms with van der Waals surface area (Å²) in [6.45, 7) is 0.709. The molecule has 0 bridgehead atoms. The minimum absolute atomic E-state index is 0.379. The predicted octanol–water partition coefficient (Wildman–Crippen LogP) is 1.67. The average Bonchev–Trinajstić information content (AvgIpc) is 2.17. The number of alkyl halides is 2. The van der Waals surface area contributed by atoms with Gasteiger partial charge in [0.1, 0.15) is 0 Å². The fourth-order valence-corrected chi connectivity index (χ4v) is 1.71. The number of carbonyl (C=O) groups excluding carboxylic acids is 1. The second kappa shape index (κ2) is 3.43. The number of anilines is 1. The van der Waals surface area contributed by atoms with Gasteiger partial charge in [0.2, 0.25) is 0 Å². The maximum absolute atomic E-state index is 12.6.